The van der Waals surface area contributed by atoms with E-state index >= 15 is 0 Å². The van der Waals surface area contributed by atoms with Crippen LogP contribution in [0.5, 0.6) is 0 Å². The maximum Gasteiger partial charge on any atom is 0.343 e. The second-order valence-electron chi connectivity index (χ2n) is 6.00. The van der Waals surface area contributed by atoms with E-state index in [2.05, 4.69) is 15.4 Å². The van der Waals surface area contributed by atoms with Gasteiger partial charge in [0.15, 0.2) is 6.61 Å². The monoisotopic (exact) mass is 413 g/mol. The molecule has 0 spiro atoms. The summed E-state index contributed by atoms with van der Waals surface area (Å²) in [6.45, 7) is 1.38. The van der Waals surface area contributed by atoms with Crippen molar-refractivity contribution in [2.24, 2.45) is 0 Å². The van der Waals surface area contributed by atoms with Crippen molar-refractivity contribution in [1.29, 1.82) is 0 Å². The summed E-state index contributed by atoms with van der Waals surface area (Å²) < 4.78 is 29.7. The van der Waals surface area contributed by atoms with Crippen molar-refractivity contribution < 1.29 is 22.9 Å². The van der Waals surface area contributed by atoms with Gasteiger partial charge in [0, 0.05) is 5.56 Å². The minimum atomic E-state index is -0.931. The van der Waals surface area contributed by atoms with E-state index in [-0.39, 0.29) is 29.0 Å². The number of carbonyl (C=O) groups is 1. The van der Waals surface area contributed by atoms with E-state index in [0.717, 1.165) is 11.6 Å². The minimum Gasteiger partial charge on any atom is -0.452 e. The summed E-state index contributed by atoms with van der Waals surface area (Å²) in [6, 6.07) is 13.3. The van der Waals surface area contributed by atoms with Crippen LogP contribution in [-0.2, 0) is 11.3 Å². The number of benzene rings is 2. The van der Waals surface area contributed by atoms with Gasteiger partial charge in [0.05, 0.1) is 5.02 Å². The van der Waals surface area contributed by atoms with Crippen LogP contribution < -0.4 is 0 Å². The van der Waals surface area contributed by atoms with Crippen LogP contribution in [0.4, 0.5) is 4.39 Å². The number of nitrogens with zero attached hydrogens (tertiary/aromatic N) is 3. The predicted octanol–water partition coefficient (Wildman–Crippen LogP) is 4.85. The molecular weight excluding hydrogens is 401 g/mol. The number of ether oxygens (including phenoxy) is 1. The molecule has 0 aliphatic carbocycles. The Morgan fingerprint density at radius 3 is 2.69 bits per heavy atom. The fourth-order valence-corrected chi connectivity index (χ4v) is 2.96. The first-order valence-electron chi connectivity index (χ1n) is 8.50. The van der Waals surface area contributed by atoms with Crippen molar-refractivity contribution in [2.45, 2.75) is 13.5 Å². The molecule has 146 valence electrons. The number of rotatable bonds is 5. The molecule has 2 aromatic heterocycles. The molecule has 0 unspecified atom stereocenters. The second-order valence-corrected chi connectivity index (χ2v) is 6.41. The van der Waals surface area contributed by atoms with Crippen LogP contribution in [0.3, 0.4) is 0 Å². The van der Waals surface area contributed by atoms with Gasteiger partial charge >= 0.3 is 5.97 Å². The van der Waals surface area contributed by atoms with Crippen LogP contribution in [-0.4, -0.2) is 21.3 Å². The quantitative estimate of drug-likeness (QED) is 0.432. The predicted molar refractivity (Wildman–Crippen MR) is 100 cm³/mol. The summed E-state index contributed by atoms with van der Waals surface area (Å²) in [5.74, 6) is -1.02. The van der Waals surface area contributed by atoms with Crippen molar-refractivity contribution in [2.75, 3.05) is 0 Å². The molecule has 7 nitrogen and oxygen atoms in total. The Morgan fingerprint density at radius 1 is 1.14 bits per heavy atom. The molecule has 0 amide bonds. The number of aryl methyl sites for hydroxylation is 1. The Balaban J connectivity index is 1.55. The normalized spacial score (nSPS) is 10.9. The zero-order valence-electron chi connectivity index (χ0n) is 15.1. The van der Waals surface area contributed by atoms with Crippen molar-refractivity contribution in [1.82, 2.24) is 15.4 Å². The highest BCUT2D eigenvalue weighted by Crippen LogP contribution is 2.33. The van der Waals surface area contributed by atoms with Crippen molar-refractivity contribution in [3.05, 3.63) is 76.6 Å². The molecule has 0 saturated heterocycles. The molecule has 0 radical (unpaired) electrons. The van der Waals surface area contributed by atoms with E-state index in [1.807, 2.05) is 30.3 Å². The number of hydrogen-bond donors (Lipinski definition) is 0. The molecule has 2 aromatic carbocycles. The molecule has 0 saturated carbocycles. The summed E-state index contributed by atoms with van der Waals surface area (Å²) in [5.41, 5.74) is 1.56. The Morgan fingerprint density at radius 2 is 1.93 bits per heavy atom. The largest absolute Gasteiger partial charge is 0.452 e. The third-order valence-corrected chi connectivity index (χ3v) is 4.40. The lowest BCUT2D eigenvalue weighted by Gasteiger charge is -2.05. The average Bonchev–Trinajstić information content (AvgIpc) is 3.33. The minimum absolute atomic E-state index is 0.0282. The Hall–Kier alpha value is -3.52. The molecule has 0 bridgehead atoms. The van der Waals surface area contributed by atoms with Crippen LogP contribution in [0.25, 0.3) is 22.7 Å². The highest BCUT2D eigenvalue weighted by molar-refractivity contribution is 6.33. The van der Waals surface area contributed by atoms with E-state index in [0.29, 0.717) is 17.0 Å². The molecule has 0 N–H and O–H groups in total. The highest BCUT2D eigenvalue weighted by atomic mass is 35.5. The van der Waals surface area contributed by atoms with E-state index in [1.54, 1.807) is 6.92 Å². The van der Waals surface area contributed by atoms with Gasteiger partial charge in [-0.05, 0) is 19.1 Å². The molecule has 2 heterocycles. The smallest absolute Gasteiger partial charge is 0.343 e. The van der Waals surface area contributed by atoms with Gasteiger partial charge in [-0.25, -0.2) is 9.18 Å². The van der Waals surface area contributed by atoms with E-state index in [9.17, 15) is 9.18 Å². The third-order valence-electron chi connectivity index (χ3n) is 4.08. The van der Waals surface area contributed by atoms with Crippen LogP contribution in [0.2, 0.25) is 5.02 Å². The molecular formula is C20H13ClFN3O4. The van der Waals surface area contributed by atoms with Gasteiger partial charge in [-0.2, -0.15) is 0 Å². The Labute approximate surface area is 169 Å². The van der Waals surface area contributed by atoms with Gasteiger partial charge in [-0.1, -0.05) is 53.2 Å². The first-order chi connectivity index (χ1) is 14.0. The Kier molecular flexibility index (Phi) is 5.09. The van der Waals surface area contributed by atoms with E-state index in [4.69, 9.17) is 25.3 Å². The number of aromatic nitrogens is 3. The standard InChI is InChI=1S/C20H13ClFN3O4/c1-11-16(18(25-29-11)12-6-3-2-4-7-12)19-24-23-15(28-19)10-27-20(26)17-13(21)8-5-9-14(17)22/h2-9H,10H2,1H3. The fourth-order valence-electron chi connectivity index (χ4n) is 2.72. The van der Waals surface area contributed by atoms with Gasteiger partial charge in [-0.3, -0.25) is 0 Å². The number of halogens is 2. The van der Waals surface area contributed by atoms with Crippen molar-refractivity contribution in [3.63, 3.8) is 0 Å². The summed E-state index contributed by atoms with van der Waals surface area (Å²) in [6.07, 6.45) is 0. The van der Waals surface area contributed by atoms with Crippen molar-refractivity contribution >= 4 is 17.6 Å². The van der Waals surface area contributed by atoms with Crippen LogP contribution in [0.15, 0.2) is 57.5 Å². The molecule has 4 aromatic rings. The van der Waals surface area contributed by atoms with Crippen LogP contribution >= 0.6 is 11.6 Å². The first kappa shape index (κ1) is 18.8. The zero-order chi connectivity index (χ0) is 20.4. The van der Waals surface area contributed by atoms with Gasteiger partial charge in [0.1, 0.15) is 28.4 Å². The molecule has 0 fully saturated rings. The van der Waals surface area contributed by atoms with E-state index in [1.165, 1.54) is 12.1 Å². The number of carbonyl (C=O) groups excluding carboxylic acids is 1. The molecule has 0 aliphatic rings. The van der Waals surface area contributed by atoms with Crippen LogP contribution in [0.1, 0.15) is 22.0 Å². The summed E-state index contributed by atoms with van der Waals surface area (Å²) >= 11 is 5.86. The summed E-state index contributed by atoms with van der Waals surface area (Å²) in [5, 5.41) is 11.9. The highest BCUT2D eigenvalue weighted by Gasteiger charge is 2.23. The first-order valence-corrected chi connectivity index (χ1v) is 8.88. The van der Waals surface area contributed by atoms with Crippen molar-refractivity contribution in [3.8, 4) is 22.7 Å². The lowest BCUT2D eigenvalue weighted by Crippen LogP contribution is -2.08. The lowest BCUT2D eigenvalue weighted by molar-refractivity contribution is 0.0433. The molecule has 0 atom stereocenters. The molecule has 0 aliphatic heterocycles. The summed E-state index contributed by atoms with van der Waals surface area (Å²) in [7, 11) is 0. The maximum atomic E-state index is 13.8. The second kappa shape index (κ2) is 7.84. The fraction of sp³-hybridized carbons (Fsp3) is 0.100. The van der Waals surface area contributed by atoms with Crippen LogP contribution in [0, 0.1) is 12.7 Å². The Bertz CT molecular complexity index is 1150. The molecule has 29 heavy (non-hydrogen) atoms. The lowest BCUT2D eigenvalue weighted by atomic mass is 10.1. The van der Waals surface area contributed by atoms with Gasteiger partial charge in [0.25, 0.3) is 11.8 Å². The summed E-state index contributed by atoms with van der Waals surface area (Å²) in [4.78, 5) is 12.1. The number of esters is 1. The van der Waals surface area contributed by atoms with Gasteiger partial charge in [-0.15, -0.1) is 10.2 Å². The SMILES string of the molecule is Cc1onc(-c2ccccc2)c1-c1nnc(COC(=O)c2c(F)cccc2Cl)o1. The average molecular weight is 414 g/mol. The maximum absolute atomic E-state index is 13.8. The van der Waals surface area contributed by atoms with Gasteiger partial charge < -0.3 is 13.7 Å². The number of hydrogen-bond acceptors (Lipinski definition) is 7. The topological polar surface area (TPSA) is 91.3 Å². The molecule has 4 rings (SSSR count). The molecule has 9 heteroatoms. The van der Waals surface area contributed by atoms with Gasteiger partial charge in [0.2, 0.25) is 0 Å². The van der Waals surface area contributed by atoms with E-state index < -0.39 is 11.8 Å². The third kappa shape index (κ3) is 3.74. The zero-order valence-corrected chi connectivity index (χ0v) is 15.8.